The number of hydrogen-bond acceptors (Lipinski definition) is 5. The topological polar surface area (TPSA) is 57.2 Å². The number of fused-ring (bicyclic) bond motifs is 5. The first-order valence-corrected chi connectivity index (χ1v) is 14.6. The highest BCUT2D eigenvalue weighted by Gasteiger charge is 2.73. The highest BCUT2D eigenvalue weighted by Crippen LogP contribution is 2.72. The van der Waals surface area contributed by atoms with Gasteiger partial charge in [0.1, 0.15) is 0 Å². The Bertz CT molecular complexity index is 793. The number of rotatable bonds is 0. The summed E-state index contributed by atoms with van der Waals surface area (Å²) in [6, 6.07) is 0. The molecule has 3 aliphatic heterocycles. The minimum absolute atomic E-state index is 0.0645. The second kappa shape index (κ2) is 7.90. The van der Waals surface area contributed by atoms with E-state index in [1.807, 2.05) is 0 Å². The summed E-state index contributed by atoms with van der Waals surface area (Å²) in [5, 5.41) is 10.4. The smallest absolute Gasteiger partial charge is 0.171 e. The molecular formula is C29H46O5. The maximum Gasteiger partial charge on any atom is 0.171 e. The largest absolute Gasteiger partial charge is 0.393 e. The van der Waals surface area contributed by atoms with E-state index in [-0.39, 0.29) is 23.7 Å². The zero-order chi connectivity index (χ0) is 23.3. The van der Waals surface area contributed by atoms with Gasteiger partial charge in [0.2, 0.25) is 0 Å². The quantitative estimate of drug-likeness (QED) is 0.547. The van der Waals surface area contributed by atoms with Crippen molar-refractivity contribution in [2.45, 2.75) is 103 Å². The molecule has 7 aliphatic rings. The monoisotopic (exact) mass is 474 g/mol. The Kier molecular flexibility index (Phi) is 5.33. The van der Waals surface area contributed by atoms with Crippen LogP contribution in [0.2, 0.25) is 0 Å². The maximum absolute atomic E-state index is 10.4. The van der Waals surface area contributed by atoms with Crippen molar-refractivity contribution >= 4 is 0 Å². The van der Waals surface area contributed by atoms with E-state index < -0.39 is 5.79 Å². The predicted molar refractivity (Wildman–Crippen MR) is 128 cm³/mol. The van der Waals surface area contributed by atoms with Gasteiger partial charge in [0.25, 0.3) is 0 Å². The molecule has 4 saturated carbocycles. The van der Waals surface area contributed by atoms with Gasteiger partial charge in [0.05, 0.1) is 44.7 Å². The molecule has 192 valence electrons. The van der Waals surface area contributed by atoms with Crippen molar-refractivity contribution in [1.82, 2.24) is 0 Å². The van der Waals surface area contributed by atoms with Crippen LogP contribution >= 0.6 is 0 Å². The van der Waals surface area contributed by atoms with Crippen molar-refractivity contribution in [2.24, 2.45) is 52.3 Å². The van der Waals surface area contributed by atoms with E-state index in [9.17, 15) is 5.11 Å². The van der Waals surface area contributed by atoms with Crippen LogP contribution in [0, 0.1) is 52.3 Å². The average molecular weight is 475 g/mol. The van der Waals surface area contributed by atoms with Crippen molar-refractivity contribution in [3.63, 3.8) is 0 Å². The molecular weight excluding hydrogens is 428 g/mol. The van der Waals surface area contributed by atoms with E-state index >= 15 is 0 Å². The Morgan fingerprint density at radius 2 is 1.79 bits per heavy atom. The molecule has 4 aliphatic carbocycles. The van der Waals surface area contributed by atoms with Gasteiger partial charge >= 0.3 is 0 Å². The molecule has 0 aromatic carbocycles. The molecule has 13 atom stereocenters. The molecule has 7 rings (SSSR count). The van der Waals surface area contributed by atoms with Gasteiger partial charge in [-0.25, -0.2) is 0 Å². The van der Waals surface area contributed by atoms with Crippen LogP contribution in [0.25, 0.3) is 0 Å². The molecule has 3 saturated heterocycles. The first-order chi connectivity index (χ1) is 16.4. The van der Waals surface area contributed by atoms with Gasteiger partial charge in [0, 0.05) is 23.7 Å². The third-order valence-electron chi connectivity index (χ3n) is 12.6. The van der Waals surface area contributed by atoms with Crippen LogP contribution in [-0.4, -0.2) is 55.6 Å². The van der Waals surface area contributed by atoms with Crippen LogP contribution in [0.5, 0.6) is 0 Å². The summed E-state index contributed by atoms with van der Waals surface area (Å²) in [4.78, 5) is 0. The number of ether oxygens (including phenoxy) is 4. The standard InChI is InChI=1S/C29H46O5/c1-17-6-9-29(33-15-17)18(2)26-24(34-29)13-23-21-5-4-19-12-20(30)7-8-27(19,3)22(21)14-25-28(23,26)16-31-10-11-32-25/h17-26,30H,4-16H2,1-3H3/t17-,18+,19+,20+,21-,22+,23+,24+,25?,26+,27+,28-,29-/m1/s1. The number of hydrogen-bond donors (Lipinski definition) is 1. The lowest BCUT2D eigenvalue weighted by molar-refractivity contribution is -0.275. The van der Waals surface area contributed by atoms with E-state index in [0.717, 1.165) is 58.0 Å². The molecule has 34 heavy (non-hydrogen) atoms. The summed E-state index contributed by atoms with van der Waals surface area (Å²) in [6.07, 6.45) is 10.8. The van der Waals surface area contributed by atoms with Gasteiger partial charge in [-0.05, 0) is 86.4 Å². The van der Waals surface area contributed by atoms with Crippen LogP contribution in [0.1, 0.15) is 78.6 Å². The molecule has 0 aromatic rings. The molecule has 0 aromatic heterocycles. The first kappa shape index (κ1) is 23.0. The van der Waals surface area contributed by atoms with E-state index in [1.54, 1.807) is 0 Å². The molecule has 7 fully saturated rings. The summed E-state index contributed by atoms with van der Waals surface area (Å²) in [5.41, 5.74) is 0.411. The maximum atomic E-state index is 10.4. The lowest BCUT2D eigenvalue weighted by Gasteiger charge is -2.63. The zero-order valence-electron chi connectivity index (χ0n) is 21.5. The summed E-state index contributed by atoms with van der Waals surface area (Å²) < 4.78 is 26.7. The number of aliphatic hydroxyl groups excluding tert-OH is 1. The molecule has 0 bridgehead atoms. The minimum atomic E-state index is -0.390. The molecule has 5 nitrogen and oxygen atoms in total. The van der Waals surface area contributed by atoms with Crippen molar-refractivity contribution in [3.8, 4) is 0 Å². The summed E-state index contributed by atoms with van der Waals surface area (Å²) in [5.74, 6) is 3.83. The van der Waals surface area contributed by atoms with Gasteiger partial charge in [-0.15, -0.1) is 0 Å². The van der Waals surface area contributed by atoms with E-state index in [4.69, 9.17) is 18.9 Å². The van der Waals surface area contributed by atoms with Gasteiger partial charge in [-0.1, -0.05) is 20.8 Å². The molecule has 0 amide bonds. The fourth-order valence-electron chi connectivity index (χ4n) is 10.9. The summed E-state index contributed by atoms with van der Waals surface area (Å²) >= 11 is 0. The Balaban J connectivity index is 1.25. The fraction of sp³-hybridized carbons (Fsp3) is 1.00. The highest BCUT2D eigenvalue weighted by atomic mass is 16.7. The SMILES string of the molecule is C[C@@H]1CC[C@@]2(OC1)O[C@H]1C[C@H]3[C@@H]4CC[C@H]5C[C@@H](O)CC[C@]5(C)[C@H]4CC4OCCOC[C@]43[C@H]1[C@@H]2C. The Morgan fingerprint density at radius 3 is 2.62 bits per heavy atom. The van der Waals surface area contributed by atoms with Gasteiger partial charge < -0.3 is 24.1 Å². The lowest BCUT2D eigenvalue weighted by Crippen LogP contribution is -2.62. The fourth-order valence-corrected chi connectivity index (χ4v) is 10.9. The van der Waals surface area contributed by atoms with E-state index in [2.05, 4.69) is 20.8 Å². The normalized spacial score (nSPS) is 61.1. The van der Waals surface area contributed by atoms with E-state index in [0.29, 0.717) is 40.9 Å². The van der Waals surface area contributed by atoms with E-state index in [1.165, 1.54) is 32.1 Å². The Labute approximate surface area is 205 Å². The lowest BCUT2D eigenvalue weighted by atomic mass is 9.43. The molecule has 1 N–H and O–H groups in total. The number of aliphatic hydroxyl groups is 1. The molecule has 1 unspecified atom stereocenters. The zero-order valence-corrected chi connectivity index (χ0v) is 21.5. The third kappa shape index (κ3) is 2.97. The van der Waals surface area contributed by atoms with Gasteiger partial charge in [-0.2, -0.15) is 0 Å². The molecule has 3 heterocycles. The predicted octanol–water partition coefficient (Wildman–Crippen LogP) is 4.80. The van der Waals surface area contributed by atoms with Crippen LogP contribution < -0.4 is 0 Å². The highest BCUT2D eigenvalue weighted by molar-refractivity contribution is 5.19. The van der Waals surface area contributed by atoms with Gasteiger partial charge in [-0.3, -0.25) is 0 Å². The van der Waals surface area contributed by atoms with Crippen molar-refractivity contribution in [3.05, 3.63) is 0 Å². The Hall–Kier alpha value is -0.200. The van der Waals surface area contributed by atoms with Crippen LogP contribution in [0.15, 0.2) is 0 Å². The molecule has 5 heteroatoms. The average Bonchev–Trinajstić information content (AvgIpc) is 3.17. The summed E-state index contributed by atoms with van der Waals surface area (Å²) in [6.45, 7) is 10.4. The second-order valence-corrected chi connectivity index (χ2v) is 13.8. The van der Waals surface area contributed by atoms with Crippen molar-refractivity contribution < 1.29 is 24.1 Å². The van der Waals surface area contributed by atoms with Crippen molar-refractivity contribution in [2.75, 3.05) is 26.4 Å². The Morgan fingerprint density at radius 1 is 0.912 bits per heavy atom. The van der Waals surface area contributed by atoms with Crippen LogP contribution in [0.3, 0.4) is 0 Å². The molecule has 0 radical (unpaired) electrons. The van der Waals surface area contributed by atoms with Crippen LogP contribution in [0.4, 0.5) is 0 Å². The third-order valence-corrected chi connectivity index (χ3v) is 12.6. The van der Waals surface area contributed by atoms with Gasteiger partial charge in [0.15, 0.2) is 5.79 Å². The van der Waals surface area contributed by atoms with Crippen molar-refractivity contribution in [1.29, 1.82) is 0 Å². The molecule has 2 spiro atoms. The second-order valence-electron chi connectivity index (χ2n) is 13.8. The first-order valence-electron chi connectivity index (χ1n) is 14.6. The minimum Gasteiger partial charge on any atom is -0.393 e. The summed E-state index contributed by atoms with van der Waals surface area (Å²) in [7, 11) is 0. The van der Waals surface area contributed by atoms with Crippen LogP contribution in [-0.2, 0) is 18.9 Å².